The SMILES string of the molecule is CCN1C(=O)C2(CCN(C(=O)Nc3cccnc3)CC2)Nc2ccccc21. The number of para-hydroxylation sites is 2. The van der Waals surface area contributed by atoms with E-state index in [-0.39, 0.29) is 11.9 Å². The monoisotopic (exact) mass is 365 g/mol. The maximum Gasteiger partial charge on any atom is 0.321 e. The summed E-state index contributed by atoms with van der Waals surface area (Å²) in [5, 5.41) is 6.33. The van der Waals surface area contributed by atoms with Gasteiger partial charge in [0.1, 0.15) is 5.54 Å². The zero-order valence-electron chi connectivity index (χ0n) is 15.3. The average molecular weight is 365 g/mol. The number of fused-ring (bicyclic) bond motifs is 1. The lowest BCUT2D eigenvalue weighted by Gasteiger charge is -2.47. The number of carbonyl (C=O) groups excluding carboxylic acids is 2. The number of anilines is 3. The van der Waals surface area contributed by atoms with Crippen LogP contribution >= 0.6 is 0 Å². The molecule has 27 heavy (non-hydrogen) atoms. The highest BCUT2D eigenvalue weighted by atomic mass is 16.2. The van der Waals surface area contributed by atoms with Crippen molar-refractivity contribution in [2.45, 2.75) is 25.3 Å². The first-order valence-electron chi connectivity index (χ1n) is 9.28. The summed E-state index contributed by atoms with van der Waals surface area (Å²) >= 11 is 0. The van der Waals surface area contributed by atoms with Crippen molar-refractivity contribution in [1.82, 2.24) is 9.88 Å². The minimum Gasteiger partial charge on any atom is -0.369 e. The molecule has 1 aromatic heterocycles. The van der Waals surface area contributed by atoms with Gasteiger partial charge in [-0.25, -0.2) is 4.79 Å². The highest BCUT2D eigenvalue weighted by Crippen LogP contribution is 2.39. The van der Waals surface area contributed by atoms with Crippen LogP contribution in [0, 0.1) is 0 Å². The molecule has 2 N–H and O–H groups in total. The van der Waals surface area contributed by atoms with E-state index in [9.17, 15) is 9.59 Å². The van der Waals surface area contributed by atoms with Crippen molar-refractivity contribution in [3.63, 3.8) is 0 Å². The van der Waals surface area contributed by atoms with E-state index in [1.807, 2.05) is 36.1 Å². The molecule has 3 amide bonds. The Hall–Kier alpha value is -3.09. The van der Waals surface area contributed by atoms with Crippen LogP contribution in [0.4, 0.5) is 21.9 Å². The van der Waals surface area contributed by atoms with Crippen molar-refractivity contribution >= 4 is 29.0 Å². The highest BCUT2D eigenvalue weighted by molar-refractivity contribution is 6.08. The summed E-state index contributed by atoms with van der Waals surface area (Å²) in [5.74, 6) is 0.0935. The molecule has 2 aliphatic rings. The minimum absolute atomic E-state index is 0.0935. The van der Waals surface area contributed by atoms with Crippen LogP contribution in [0.2, 0.25) is 0 Å². The first-order valence-corrected chi connectivity index (χ1v) is 9.28. The fourth-order valence-corrected chi connectivity index (χ4v) is 3.88. The minimum atomic E-state index is -0.643. The fraction of sp³-hybridized carbons (Fsp3) is 0.350. The first-order chi connectivity index (χ1) is 13.1. The van der Waals surface area contributed by atoms with E-state index >= 15 is 0 Å². The van der Waals surface area contributed by atoms with E-state index in [4.69, 9.17) is 0 Å². The molecule has 2 aliphatic heterocycles. The van der Waals surface area contributed by atoms with E-state index in [0.717, 1.165) is 11.4 Å². The summed E-state index contributed by atoms with van der Waals surface area (Å²) in [7, 11) is 0. The van der Waals surface area contributed by atoms with Gasteiger partial charge in [-0.2, -0.15) is 0 Å². The van der Waals surface area contributed by atoms with Gasteiger partial charge in [0.2, 0.25) is 0 Å². The quantitative estimate of drug-likeness (QED) is 0.858. The molecule has 1 fully saturated rings. The van der Waals surface area contributed by atoms with Crippen LogP contribution in [0.1, 0.15) is 19.8 Å². The topological polar surface area (TPSA) is 77.6 Å². The molecule has 1 spiro atoms. The Morgan fingerprint density at radius 3 is 2.70 bits per heavy atom. The second-order valence-electron chi connectivity index (χ2n) is 6.93. The molecule has 0 atom stereocenters. The number of likely N-dealkylation sites (tertiary alicyclic amines) is 1. The molecular weight excluding hydrogens is 342 g/mol. The molecule has 1 aromatic carbocycles. The number of rotatable bonds is 2. The summed E-state index contributed by atoms with van der Waals surface area (Å²) in [5.41, 5.74) is 1.93. The lowest BCUT2D eigenvalue weighted by atomic mass is 9.83. The van der Waals surface area contributed by atoms with E-state index in [1.165, 1.54) is 0 Å². The number of pyridine rings is 1. The van der Waals surface area contributed by atoms with Crippen molar-refractivity contribution in [2.24, 2.45) is 0 Å². The van der Waals surface area contributed by atoms with Crippen molar-refractivity contribution in [1.29, 1.82) is 0 Å². The predicted octanol–water partition coefficient (Wildman–Crippen LogP) is 2.93. The van der Waals surface area contributed by atoms with Crippen molar-refractivity contribution < 1.29 is 9.59 Å². The van der Waals surface area contributed by atoms with Gasteiger partial charge in [0.05, 0.1) is 23.3 Å². The molecule has 3 heterocycles. The van der Waals surface area contributed by atoms with Gasteiger partial charge < -0.3 is 20.4 Å². The number of urea groups is 1. The largest absolute Gasteiger partial charge is 0.369 e. The van der Waals surface area contributed by atoms with Crippen LogP contribution in [0.3, 0.4) is 0 Å². The van der Waals surface area contributed by atoms with E-state index in [0.29, 0.717) is 38.2 Å². The Kier molecular flexibility index (Phi) is 4.43. The molecule has 0 aliphatic carbocycles. The Balaban J connectivity index is 1.48. The molecule has 0 radical (unpaired) electrons. The normalized spacial score (nSPS) is 18.0. The van der Waals surface area contributed by atoms with Crippen molar-refractivity contribution in [3.8, 4) is 0 Å². The highest BCUT2D eigenvalue weighted by Gasteiger charge is 2.47. The molecular formula is C20H23N5O2. The fourth-order valence-electron chi connectivity index (χ4n) is 3.88. The van der Waals surface area contributed by atoms with Crippen LogP contribution in [0.15, 0.2) is 48.8 Å². The maximum absolute atomic E-state index is 13.2. The van der Waals surface area contributed by atoms with Crippen LogP contribution in [-0.2, 0) is 4.79 Å². The number of carbonyl (C=O) groups is 2. The number of hydrogen-bond acceptors (Lipinski definition) is 4. The number of likely N-dealkylation sites (N-methyl/N-ethyl adjacent to an activating group) is 1. The summed E-state index contributed by atoms with van der Waals surface area (Å²) in [6.45, 7) is 3.66. The number of aromatic nitrogens is 1. The van der Waals surface area contributed by atoms with Gasteiger partial charge in [-0.05, 0) is 44.0 Å². The Morgan fingerprint density at radius 2 is 2.00 bits per heavy atom. The van der Waals surface area contributed by atoms with Gasteiger partial charge in [0.15, 0.2) is 0 Å². The number of benzene rings is 1. The third kappa shape index (κ3) is 3.09. The number of nitrogens with one attached hydrogen (secondary N) is 2. The molecule has 140 valence electrons. The van der Waals surface area contributed by atoms with Gasteiger partial charge in [0, 0.05) is 25.8 Å². The van der Waals surface area contributed by atoms with Gasteiger partial charge in [-0.15, -0.1) is 0 Å². The molecule has 0 unspecified atom stereocenters. The van der Waals surface area contributed by atoms with E-state index < -0.39 is 5.54 Å². The van der Waals surface area contributed by atoms with Crippen LogP contribution < -0.4 is 15.5 Å². The number of amides is 3. The Labute approximate surface area is 158 Å². The van der Waals surface area contributed by atoms with Crippen LogP contribution in [0.5, 0.6) is 0 Å². The molecule has 7 heteroatoms. The summed E-state index contributed by atoms with van der Waals surface area (Å²) in [6.07, 6.45) is 4.44. The second-order valence-corrected chi connectivity index (χ2v) is 6.93. The summed E-state index contributed by atoms with van der Waals surface area (Å²) in [6, 6.07) is 11.3. The molecule has 4 rings (SSSR count). The third-order valence-corrected chi connectivity index (χ3v) is 5.36. The maximum atomic E-state index is 13.2. The number of hydrogen-bond donors (Lipinski definition) is 2. The smallest absolute Gasteiger partial charge is 0.321 e. The Bertz CT molecular complexity index is 846. The number of nitrogens with zero attached hydrogens (tertiary/aromatic N) is 3. The summed E-state index contributed by atoms with van der Waals surface area (Å²) in [4.78, 5) is 33.3. The third-order valence-electron chi connectivity index (χ3n) is 5.36. The second kappa shape index (κ2) is 6.90. The van der Waals surface area contributed by atoms with Gasteiger partial charge in [-0.3, -0.25) is 9.78 Å². The molecule has 0 bridgehead atoms. The van der Waals surface area contributed by atoms with Gasteiger partial charge in [-0.1, -0.05) is 12.1 Å². The lowest BCUT2D eigenvalue weighted by Crippen LogP contribution is -2.62. The van der Waals surface area contributed by atoms with Gasteiger partial charge in [0.25, 0.3) is 5.91 Å². The van der Waals surface area contributed by atoms with E-state index in [1.54, 1.807) is 29.4 Å². The zero-order chi connectivity index (χ0) is 18.9. The average Bonchev–Trinajstić information content (AvgIpc) is 2.70. The Morgan fingerprint density at radius 1 is 1.22 bits per heavy atom. The van der Waals surface area contributed by atoms with E-state index in [2.05, 4.69) is 15.6 Å². The van der Waals surface area contributed by atoms with Crippen molar-refractivity contribution in [2.75, 3.05) is 35.2 Å². The van der Waals surface area contributed by atoms with Gasteiger partial charge >= 0.3 is 6.03 Å². The lowest BCUT2D eigenvalue weighted by molar-refractivity contribution is -0.124. The zero-order valence-corrected chi connectivity index (χ0v) is 15.3. The standard InChI is InChI=1S/C20H23N5O2/c1-2-25-17-8-4-3-7-16(17)23-20(18(25)26)9-12-24(13-10-20)19(27)22-15-6-5-11-21-14-15/h3-8,11,14,23H,2,9-10,12-13H2,1H3,(H,22,27). The summed E-state index contributed by atoms with van der Waals surface area (Å²) < 4.78 is 0. The predicted molar refractivity (Wildman–Crippen MR) is 105 cm³/mol. The van der Waals surface area contributed by atoms with Crippen molar-refractivity contribution in [3.05, 3.63) is 48.8 Å². The van der Waals surface area contributed by atoms with Crippen LogP contribution in [-0.4, -0.2) is 47.0 Å². The van der Waals surface area contributed by atoms with Crippen LogP contribution in [0.25, 0.3) is 0 Å². The number of piperidine rings is 1. The first kappa shape index (κ1) is 17.3. The molecule has 0 saturated carbocycles. The molecule has 7 nitrogen and oxygen atoms in total. The molecule has 2 aromatic rings. The molecule has 1 saturated heterocycles.